The summed E-state index contributed by atoms with van der Waals surface area (Å²) in [6, 6.07) is 12.8. The Kier molecular flexibility index (Phi) is 6.68. The first-order valence-corrected chi connectivity index (χ1v) is 9.29. The van der Waals surface area contributed by atoms with Gasteiger partial charge in [-0.15, -0.1) is 5.10 Å². The van der Waals surface area contributed by atoms with Gasteiger partial charge in [0.2, 0.25) is 0 Å². The molecule has 2 unspecified atom stereocenters. The molecule has 2 atom stereocenters. The molecule has 0 aliphatic rings. The summed E-state index contributed by atoms with van der Waals surface area (Å²) in [6.07, 6.45) is -3.02. The van der Waals surface area contributed by atoms with Crippen LogP contribution in [0.3, 0.4) is 0 Å². The van der Waals surface area contributed by atoms with E-state index in [0.29, 0.717) is 5.56 Å². The fraction of sp³-hybridized carbons (Fsp3) is 0.238. The zero-order valence-corrected chi connectivity index (χ0v) is 16.2. The van der Waals surface area contributed by atoms with Gasteiger partial charge in [-0.3, -0.25) is 9.59 Å². The normalized spacial score (nSPS) is 13.4. The molecular formula is C21H19F3N4O3. The topological polar surface area (TPSA) is 100 Å². The zero-order chi connectivity index (χ0) is 22.4. The fourth-order valence-corrected chi connectivity index (χ4v) is 3.03. The van der Waals surface area contributed by atoms with Crippen LogP contribution in [0, 0.1) is 0 Å². The Balaban J connectivity index is 1.70. The molecular weight excluding hydrogens is 413 g/mol. The van der Waals surface area contributed by atoms with E-state index in [4.69, 9.17) is 10.5 Å². The van der Waals surface area contributed by atoms with E-state index < -0.39 is 35.8 Å². The molecule has 10 heteroatoms. The number of amides is 1. The molecule has 1 aromatic heterocycles. The number of hydrogen-bond donors (Lipinski definition) is 1. The number of hydrogen-bond acceptors (Lipinski definition) is 5. The monoisotopic (exact) mass is 432 g/mol. The lowest BCUT2D eigenvalue weighted by molar-refractivity contribution is -0.155. The van der Waals surface area contributed by atoms with Crippen molar-refractivity contribution in [2.75, 3.05) is 0 Å². The molecule has 0 aliphatic carbocycles. The van der Waals surface area contributed by atoms with Crippen LogP contribution in [0.1, 0.15) is 29.2 Å². The maximum absolute atomic E-state index is 12.7. The number of carbonyl (C=O) groups excluding carboxylic acids is 2. The largest absolute Gasteiger partial charge is 0.452 e. The minimum absolute atomic E-state index is 0.140. The van der Waals surface area contributed by atoms with Crippen molar-refractivity contribution < 1.29 is 27.5 Å². The van der Waals surface area contributed by atoms with Crippen molar-refractivity contribution in [2.45, 2.75) is 31.2 Å². The molecule has 0 bridgehead atoms. The van der Waals surface area contributed by atoms with E-state index >= 15 is 0 Å². The number of nitrogens with two attached hydrogens (primary N) is 1. The smallest absolute Gasteiger partial charge is 0.416 e. The molecule has 3 aromatic rings. The van der Waals surface area contributed by atoms with Gasteiger partial charge in [0.05, 0.1) is 24.2 Å². The minimum Gasteiger partial charge on any atom is -0.452 e. The molecule has 0 spiro atoms. The summed E-state index contributed by atoms with van der Waals surface area (Å²) in [5, 5.41) is 7.68. The van der Waals surface area contributed by atoms with E-state index in [1.807, 2.05) is 18.2 Å². The van der Waals surface area contributed by atoms with Crippen LogP contribution >= 0.6 is 0 Å². The van der Waals surface area contributed by atoms with Crippen LogP contribution in [0.4, 0.5) is 13.2 Å². The highest BCUT2D eigenvalue weighted by Gasteiger charge is 2.30. The summed E-state index contributed by atoms with van der Waals surface area (Å²) >= 11 is 0. The highest BCUT2D eigenvalue weighted by molar-refractivity contribution is 5.82. The van der Waals surface area contributed by atoms with E-state index in [-0.39, 0.29) is 12.8 Å². The second-order valence-corrected chi connectivity index (χ2v) is 6.79. The lowest BCUT2D eigenvalue weighted by atomic mass is 10.0. The van der Waals surface area contributed by atoms with E-state index in [9.17, 15) is 22.8 Å². The van der Waals surface area contributed by atoms with Crippen molar-refractivity contribution in [3.8, 4) is 0 Å². The quantitative estimate of drug-likeness (QED) is 0.552. The van der Waals surface area contributed by atoms with Crippen molar-refractivity contribution >= 4 is 11.9 Å². The van der Waals surface area contributed by atoms with Crippen molar-refractivity contribution in [2.24, 2.45) is 5.73 Å². The number of nitrogens with zero attached hydrogens (tertiary/aromatic N) is 3. The molecule has 0 saturated carbocycles. The highest BCUT2D eigenvalue weighted by atomic mass is 19.4. The number of benzene rings is 2. The predicted molar refractivity (Wildman–Crippen MR) is 103 cm³/mol. The molecule has 0 fully saturated rings. The van der Waals surface area contributed by atoms with E-state index in [0.717, 1.165) is 17.7 Å². The van der Waals surface area contributed by atoms with E-state index in [2.05, 4.69) is 10.3 Å². The maximum Gasteiger partial charge on any atom is 0.416 e. The van der Waals surface area contributed by atoms with Gasteiger partial charge in [-0.1, -0.05) is 47.7 Å². The van der Waals surface area contributed by atoms with Crippen molar-refractivity contribution in [3.05, 3.63) is 83.7 Å². The Morgan fingerprint density at radius 1 is 1.06 bits per heavy atom. The summed E-state index contributed by atoms with van der Waals surface area (Å²) in [5.74, 6) is -1.61. The summed E-state index contributed by atoms with van der Waals surface area (Å²) in [5.41, 5.74) is 5.68. The van der Waals surface area contributed by atoms with Crippen LogP contribution < -0.4 is 5.73 Å². The first-order valence-electron chi connectivity index (χ1n) is 9.29. The Morgan fingerprint density at radius 2 is 1.74 bits per heavy atom. The second-order valence-electron chi connectivity index (χ2n) is 6.79. The number of halogens is 3. The Labute approximate surface area is 175 Å². The molecule has 1 heterocycles. The second kappa shape index (κ2) is 9.41. The number of esters is 1. The van der Waals surface area contributed by atoms with Crippen molar-refractivity contribution in [1.82, 2.24) is 15.0 Å². The number of aromatic nitrogens is 3. The van der Waals surface area contributed by atoms with E-state index in [1.54, 1.807) is 18.3 Å². The van der Waals surface area contributed by atoms with Gasteiger partial charge in [-0.25, -0.2) is 4.68 Å². The lowest BCUT2D eigenvalue weighted by Crippen LogP contribution is -2.35. The van der Waals surface area contributed by atoms with Crippen LogP contribution in [0.5, 0.6) is 0 Å². The summed E-state index contributed by atoms with van der Waals surface area (Å²) in [7, 11) is 0. The first kappa shape index (κ1) is 22.0. The van der Waals surface area contributed by atoms with Crippen LogP contribution in [0.15, 0.2) is 67.0 Å². The fourth-order valence-electron chi connectivity index (χ4n) is 3.03. The molecule has 3 rings (SSSR count). The number of rotatable bonds is 8. The van der Waals surface area contributed by atoms with Crippen molar-refractivity contribution in [3.63, 3.8) is 0 Å². The van der Waals surface area contributed by atoms with E-state index in [1.165, 1.54) is 23.0 Å². The van der Waals surface area contributed by atoms with Crippen LogP contribution in [-0.4, -0.2) is 33.0 Å². The third kappa shape index (κ3) is 5.91. The average Bonchev–Trinajstić information content (AvgIpc) is 3.26. The molecule has 162 valence electrons. The molecule has 0 radical (unpaired) electrons. The maximum atomic E-state index is 12.7. The van der Waals surface area contributed by atoms with Gasteiger partial charge in [0.1, 0.15) is 0 Å². The SMILES string of the molecule is NC(=O)C(Cc1ccc(C(F)(F)F)cc1)OC(=O)CC(c1ccccc1)n1ccnn1. The zero-order valence-electron chi connectivity index (χ0n) is 16.2. The van der Waals surface area contributed by atoms with Crippen molar-refractivity contribution in [1.29, 1.82) is 0 Å². The number of alkyl halides is 3. The molecule has 2 aromatic carbocycles. The third-order valence-electron chi connectivity index (χ3n) is 4.60. The summed E-state index contributed by atoms with van der Waals surface area (Å²) in [4.78, 5) is 24.4. The summed E-state index contributed by atoms with van der Waals surface area (Å²) < 4.78 is 44.9. The summed E-state index contributed by atoms with van der Waals surface area (Å²) in [6.45, 7) is 0. The Bertz CT molecular complexity index is 1010. The average molecular weight is 432 g/mol. The Hall–Kier alpha value is -3.69. The van der Waals surface area contributed by atoms with Gasteiger partial charge < -0.3 is 10.5 Å². The molecule has 1 amide bonds. The standard InChI is InChI=1S/C21H19F3N4O3/c22-21(23,24)16-8-6-14(7-9-16)12-18(20(25)30)31-19(29)13-17(28-11-10-26-27-28)15-4-2-1-3-5-15/h1-11,17-18H,12-13H2,(H2,25,30). The minimum atomic E-state index is -4.47. The third-order valence-corrected chi connectivity index (χ3v) is 4.60. The van der Waals surface area contributed by atoms with Gasteiger partial charge >= 0.3 is 12.1 Å². The Morgan fingerprint density at radius 3 is 2.29 bits per heavy atom. The van der Waals surface area contributed by atoms with Gasteiger partial charge in [-0.2, -0.15) is 13.2 Å². The lowest BCUT2D eigenvalue weighted by Gasteiger charge is -2.19. The van der Waals surface area contributed by atoms with Crippen LogP contribution in [0.25, 0.3) is 0 Å². The molecule has 0 aliphatic heterocycles. The highest BCUT2D eigenvalue weighted by Crippen LogP contribution is 2.29. The van der Waals surface area contributed by atoms with Crippen LogP contribution in [0.2, 0.25) is 0 Å². The van der Waals surface area contributed by atoms with Gasteiger partial charge in [0, 0.05) is 12.6 Å². The first-order chi connectivity index (χ1) is 14.7. The van der Waals surface area contributed by atoms with Gasteiger partial charge in [0.25, 0.3) is 5.91 Å². The van der Waals surface area contributed by atoms with Crippen LogP contribution in [-0.2, 0) is 26.9 Å². The molecule has 2 N–H and O–H groups in total. The van der Waals surface area contributed by atoms with Gasteiger partial charge in [-0.05, 0) is 23.3 Å². The number of carbonyl (C=O) groups is 2. The number of primary amides is 1. The number of ether oxygens (including phenoxy) is 1. The molecule has 7 nitrogen and oxygen atoms in total. The molecule has 0 saturated heterocycles. The predicted octanol–water partition coefficient (Wildman–Crippen LogP) is 2.92. The molecule has 31 heavy (non-hydrogen) atoms. The van der Waals surface area contributed by atoms with Gasteiger partial charge in [0.15, 0.2) is 6.10 Å².